The van der Waals surface area contributed by atoms with Gasteiger partial charge in [0.05, 0.1) is 0 Å². The lowest BCUT2D eigenvalue weighted by Gasteiger charge is -2.22. The summed E-state index contributed by atoms with van der Waals surface area (Å²) < 4.78 is 0. The average Bonchev–Trinajstić information content (AvgIpc) is 2.33. The minimum atomic E-state index is 0. The van der Waals surface area contributed by atoms with Crippen molar-refractivity contribution >= 4 is 29.9 Å². The third kappa shape index (κ3) is 6.68. The number of guanidine groups is 1. The Morgan fingerprint density at radius 1 is 0.952 bits per heavy atom. The van der Waals surface area contributed by atoms with Crippen LogP contribution in [0.4, 0.5) is 0 Å². The van der Waals surface area contributed by atoms with Crippen molar-refractivity contribution in [1.82, 2.24) is 9.80 Å². The van der Waals surface area contributed by atoms with Crippen molar-refractivity contribution in [2.24, 2.45) is 4.99 Å². The predicted molar refractivity (Wildman–Crippen MR) is 104 cm³/mol. The fraction of sp³-hybridized carbons (Fsp3) is 0.588. The van der Waals surface area contributed by atoms with E-state index in [0.717, 1.165) is 18.9 Å². The minimum absolute atomic E-state index is 0. The summed E-state index contributed by atoms with van der Waals surface area (Å²) in [5, 5.41) is 0. The second-order valence-electron chi connectivity index (χ2n) is 6.67. The molecular weight excluding hydrogens is 373 g/mol. The maximum Gasteiger partial charge on any atom is 0.195 e. The summed E-state index contributed by atoms with van der Waals surface area (Å²) in [4.78, 5) is 8.75. The number of benzene rings is 1. The maximum atomic E-state index is 4.66. The van der Waals surface area contributed by atoms with Gasteiger partial charge in [-0.25, -0.2) is 0 Å². The smallest absolute Gasteiger partial charge is 0.195 e. The first-order valence-corrected chi connectivity index (χ1v) is 7.20. The van der Waals surface area contributed by atoms with E-state index in [0.29, 0.717) is 0 Å². The summed E-state index contributed by atoms with van der Waals surface area (Å²) in [5.41, 5.74) is 2.95. The van der Waals surface area contributed by atoms with Crippen LogP contribution in [0.5, 0.6) is 0 Å². The van der Waals surface area contributed by atoms with Gasteiger partial charge >= 0.3 is 0 Å². The van der Waals surface area contributed by atoms with Gasteiger partial charge in [0.15, 0.2) is 5.96 Å². The molecule has 0 radical (unpaired) electrons. The average molecular weight is 403 g/mol. The van der Waals surface area contributed by atoms with E-state index in [1.807, 2.05) is 38.0 Å². The zero-order valence-corrected chi connectivity index (χ0v) is 16.8. The summed E-state index contributed by atoms with van der Waals surface area (Å²) >= 11 is 0. The van der Waals surface area contributed by atoms with Crippen LogP contribution in [0, 0.1) is 0 Å². The molecule has 0 aliphatic carbocycles. The first-order chi connectivity index (χ1) is 9.21. The molecule has 120 valence electrons. The van der Waals surface area contributed by atoms with Gasteiger partial charge in [-0.2, -0.15) is 0 Å². The van der Waals surface area contributed by atoms with Crippen LogP contribution in [0.1, 0.15) is 31.9 Å². The molecule has 1 rings (SSSR count). The predicted octanol–water partition coefficient (Wildman–Crippen LogP) is 3.62. The maximum absolute atomic E-state index is 4.66. The molecule has 0 saturated carbocycles. The zero-order chi connectivity index (χ0) is 15.3. The van der Waals surface area contributed by atoms with E-state index in [9.17, 15) is 0 Å². The van der Waals surface area contributed by atoms with Crippen LogP contribution < -0.4 is 0 Å². The highest BCUT2D eigenvalue weighted by molar-refractivity contribution is 14.0. The SMILES string of the molecule is CN(C)C(=NCCc1ccc(C(C)(C)C)cc1)N(C)C.I. The van der Waals surface area contributed by atoms with E-state index in [1.165, 1.54) is 11.1 Å². The molecule has 0 heterocycles. The lowest BCUT2D eigenvalue weighted by Crippen LogP contribution is -2.35. The standard InChI is InChI=1S/C17H29N3.HI/c1-17(2,3)15-10-8-14(9-11-15)12-13-18-16(19(4)5)20(6)7;/h8-11H,12-13H2,1-7H3;1H. The molecule has 0 amide bonds. The largest absolute Gasteiger partial charge is 0.349 e. The summed E-state index contributed by atoms with van der Waals surface area (Å²) in [5.74, 6) is 1.01. The van der Waals surface area contributed by atoms with E-state index in [4.69, 9.17) is 0 Å². The first kappa shape index (κ1) is 20.2. The van der Waals surface area contributed by atoms with Crippen LogP contribution in [0.2, 0.25) is 0 Å². The second kappa shape index (κ2) is 8.61. The normalized spacial score (nSPS) is 10.6. The van der Waals surface area contributed by atoms with E-state index >= 15 is 0 Å². The molecule has 1 aromatic carbocycles. The molecule has 0 bridgehead atoms. The van der Waals surface area contributed by atoms with Gasteiger partial charge in [-0.05, 0) is 23.0 Å². The highest BCUT2D eigenvalue weighted by Crippen LogP contribution is 2.22. The minimum Gasteiger partial charge on any atom is -0.349 e. The van der Waals surface area contributed by atoms with Gasteiger partial charge < -0.3 is 9.80 Å². The third-order valence-corrected chi connectivity index (χ3v) is 3.27. The van der Waals surface area contributed by atoms with Crippen LogP contribution in [-0.4, -0.2) is 50.5 Å². The van der Waals surface area contributed by atoms with Crippen LogP contribution in [0.25, 0.3) is 0 Å². The van der Waals surface area contributed by atoms with Crippen molar-refractivity contribution < 1.29 is 0 Å². The van der Waals surface area contributed by atoms with E-state index in [1.54, 1.807) is 0 Å². The van der Waals surface area contributed by atoms with Gasteiger partial charge in [0.2, 0.25) is 0 Å². The van der Waals surface area contributed by atoms with Crippen LogP contribution >= 0.6 is 24.0 Å². The summed E-state index contributed by atoms with van der Waals surface area (Å²) in [7, 11) is 8.10. The van der Waals surface area contributed by atoms with Crippen LogP contribution in [0.3, 0.4) is 0 Å². The van der Waals surface area contributed by atoms with E-state index in [-0.39, 0.29) is 29.4 Å². The number of aliphatic imine (C=N–C) groups is 1. The molecule has 0 aliphatic heterocycles. The van der Waals surface area contributed by atoms with Crippen molar-refractivity contribution in [3.63, 3.8) is 0 Å². The van der Waals surface area contributed by atoms with E-state index < -0.39 is 0 Å². The first-order valence-electron chi connectivity index (χ1n) is 7.20. The zero-order valence-electron chi connectivity index (χ0n) is 14.5. The lowest BCUT2D eigenvalue weighted by atomic mass is 9.86. The molecule has 0 atom stereocenters. The van der Waals surface area contributed by atoms with Gasteiger partial charge in [0, 0.05) is 34.7 Å². The second-order valence-corrected chi connectivity index (χ2v) is 6.67. The monoisotopic (exact) mass is 403 g/mol. The summed E-state index contributed by atoms with van der Waals surface area (Å²) in [6.07, 6.45) is 0.982. The third-order valence-electron chi connectivity index (χ3n) is 3.27. The molecular formula is C17H30IN3. The quantitative estimate of drug-likeness (QED) is 0.436. The van der Waals surface area contributed by atoms with Crippen LogP contribution in [-0.2, 0) is 11.8 Å². The number of nitrogens with zero attached hydrogens (tertiary/aromatic N) is 3. The highest BCUT2D eigenvalue weighted by atomic mass is 127. The molecule has 0 aromatic heterocycles. The molecule has 21 heavy (non-hydrogen) atoms. The molecule has 1 aromatic rings. The van der Waals surface area contributed by atoms with Crippen molar-refractivity contribution in [3.05, 3.63) is 35.4 Å². The number of halogens is 1. The number of hydrogen-bond acceptors (Lipinski definition) is 1. The molecule has 4 heteroatoms. The number of rotatable bonds is 3. The Morgan fingerprint density at radius 2 is 1.43 bits per heavy atom. The molecule has 0 aliphatic rings. The Kier molecular flexibility index (Phi) is 8.29. The van der Waals surface area contributed by atoms with Crippen LogP contribution in [0.15, 0.2) is 29.3 Å². The van der Waals surface area contributed by atoms with Crippen molar-refractivity contribution in [1.29, 1.82) is 0 Å². The fourth-order valence-corrected chi connectivity index (χ4v) is 2.14. The molecule has 0 N–H and O–H groups in total. The molecule has 3 nitrogen and oxygen atoms in total. The Morgan fingerprint density at radius 3 is 1.81 bits per heavy atom. The Bertz CT molecular complexity index is 432. The molecule has 0 saturated heterocycles. The molecule has 0 spiro atoms. The highest BCUT2D eigenvalue weighted by Gasteiger charge is 2.12. The summed E-state index contributed by atoms with van der Waals surface area (Å²) in [6.45, 7) is 7.55. The molecule has 0 unspecified atom stereocenters. The summed E-state index contributed by atoms with van der Waals surface area (Å²) in [6, 6.07) is 8.91. The Labute approximate surface area is 147 Å². The van der Waals surface area contributed by atoms with Gasteiger partial charge in [0.25, 0.3) is 0 Å². The van der Waals surface area contributed by atoms with Gasteiger partial charge in [-0.15, -0.1) is 24.0 Å². The topological polar surface area (TPSA) is 18.8 Å². The lowest BCUT2D eigenvalue weighted by molar-refractivity contribution is 0.479. The Balaban J connectivity index is 0.00000400. The van der Waals surface area contributed by atoms with Crippen molar-refractivity contribution in [2.75, 3.05) is 34.7 Å². The van der Waals surface area contributed by atoms with Gasteiger partial charge in [-0.1, -0.05) is 45.0 Å². The van der Waals surface area contributed by atoms with Gasteiger partial charge in [-0.3, -0.25) is 4.99 Å². The number of hydrogen-bond donors (Lipinski definition) is 0. The fourth-order valence-electron chi connectivity index (χ4n) is 2.14. The van der Waals surface area contributed by atoms with E-state index in [2.05, 4.69) is 50.0 Å². The van der Waals surface area contributed by atoms with Crippen molar-refractivity contribution in [2.45, 2.75) is 32.6 Å². The Hall–Kier alpha value is -0.780. The van der Waals surface area contributed by atoms with Crippen molar-refractivity contribution in [3.8, 4) is 0 Å². The van der Waals surface area contributed by atoms with Gasteiger partial charge in [0.1, 0.15) is 0 Å². The molecule has 0 fully saturated rings.